The van der Waals surface area contributed by atoms with Gasteiger partial charge >= 0.3 is 0 Å². The highest BCUT2D eigenvalue weighted by molar-refractivity contribution is 14.1. The maximum atomic E-state index is 9.82. The molecule has 1 N–H and O–H groups in total. The van der Waals surface area contributed by atoms with E-state index in [1.807, 2.05) is 18.2 Å². The molecule has 66 valence electrons. The zero-order chi connectivity index (χ0) is 9.35. The molecule has 1 aromatic carbocycles. The van der Waals surface area contributed by atoms with Gasteiger partial charge in [-0.25, -0.2) is 0 Å². The maximum Gasteiger partial charge on any atom is 0.0861 e. The van der Waals surface area contributed by atoms with Gasteiger partial charge in [-0.1, -0.05) is 22.0 Å². The highest BCUT2D eigenvalue weighted by atomic mass is 127. The second-order valence-corrected chi connectivity index (χ2v) is 5.17. The van der Waals surface area contributed by atoms with E-state index in [0.29, 0.717) is 0 Å². The van der Waals surface area contributed by atoms with Gasteiger partial charge in [0.2, 0.25) is 0 Å². The lowest BCUT2D eigenvalue weighted by Crippen LogP contribution is -2.17. The summed E-state index contributed by atoms with van der Waals surface area (Å²) >= 11 is 5.64. The van der Waals surface area contributed by atoms with Gasteiger partial charge in [0, 0.05) is 13.6 Å². The molecule has 0 spiro atoms. The molecule has 0 aliphatic heterocycles. The van der Waals surface area contributed by atoms with Crippen molar-refractivity contribution in [3.63, 3.8) is 0 Å². The Labute approximate surface area is 94.4 Å². The van der Waals surface area contributed by atoms with E-state index in [9.17, 15) is 5.11 Å². The minimum Gasteiger partial charge on any atom is -0.386 e. The van der Waals surface area contributed by atoms with E-state index in [2.05, 4.69) is 38.5 Å². The van der Waals surface area contributed by atoms with E-state index in [1.54, 1.807) is 13.8 Å². The van der Waals surface area contributed by atoms with E-state index < -0.39 is 5.60 Å². The van der Waals surface area contributed by atoms with Crippen LogP contribution in [0.5, 0.6) is 0 Å². The van der Waals surface area contributed by atoms with Crippen molar-refractivity contribution in [2.75, 3.05) is 0 Å². The van der Waals surface area contributed by atoms with Crippen molar-refractivity contribution in [2.45, 2.75) is 19.4 Å². The standard InChI is InChI=1S/C9H10BrIO/c1-9(2,12)8-6(10)4-3-5-7(8)11/h3-5,12H,1-2H3. The van der Waals surface area contributed by atoms with Crippen LogP contribution in [0.15, 0.2) is 22.7 Å². The van der Waals surface area contributed by atoms with Crippen LogP contribution in [0.3, 0.4) is 0 Å². The summed E-state index contributed by atoms with van der Waals surface area (Å²) in [6.45, 7) is 3.57. The fourth-order valence-corrected chi connectivity index (χ4v) is 3.46. The van der Waals surface area contributed by atoms with Crippen LogP contribution in [0.25, 0.3) is 0 Å². The molecule has 0 saturated carbocycles. The first-order chi connectivity index (χ1) is 5.43. The maximum absolute atomic E-state index is 9.82. The van der Waals surface area contributed by atoms with Gasteiger partial charge in [-0.3, -0.25) is 0 Å². The monoisotopic (exact) mass is 340 g/mol. The molecular formula is C9H10BrIO. The smallest absolute Gasteiger partial charge is 0.0861 e. The fourth-order valence-electron chi connectivity index (χ4n) is 1.08. The molecule has 0 bridgehead atoms. The van der Waals surface area contributed by atoms with E-state index in [-0.39, 0.29) is 0 Å². The molecular weight excluding hydrogens is 331 g/mol. The van der Waals surface area contributed by atoms with Gasteiger partial charge in [-0.15, -0.1) is 0 Å². The highest BCUT2D eigenvalue weighted by Crippen LogP contribution is 2.31. The summed E-state index contributed by atoms with van der Waals surface area (Å²) in [5.41, 5.74) is 0.168. The number of aliphatic hydroxyl groups is 1. The molecule has 0 amide bonds. The summed E-state index contributed by atoms with van der Waals surface area (Å²) in [6.07, 6.45) is 0. The van der Waals surface area contributed by atoms with E-state index in [0.717, 1.165) is 13.6 Å². The summed E-state index contributed by atoms with van der Waals surface area (Å²) < 4.78 is 2.04. The van der Waals surface area contributed by atoms with Crippen LogP contribution < -0.4 is 0 Å². The first-order valence-electron chi connectivity index (χ1n) is 3.60. The van der Waals surface area contributed by atoms with Crippen LogP contribution in [0.2, 0.25) is 0 Å². The molecule has 0 aromatic heterocycles. The van der Waals surface area contributed by atoms with Gasteiger partial charge in [0.25, 0.3) is 0 Å². The Morgan fingerprint density at radius 1 is 1.42 bits per heavy atom. The van der Waals surface area contributed by atoms with Gasteiger partial charge in [0.15, 0.2) is 0 Å². The highest BCUT2D eigenvalue weighted by Gasteiger charge is 2.21. The van der Waals surface area contributed by atoms with E-state index >= 15 is 0 Å². The van der Waals surface area contributed by atoms with Crippen molar-refractivity contribution >= 4 is 38.5 Å². The van der Waals surface area contributed by atoms with Crippen LogP contribution in [0, 0.1) is 3.57 Å². The van der Waals surface area contributed by atoms with Gasteiger partial charge in [0.05, 0.1) is 5.60 Å². The molecule has 12 heavy (non-hydrogen) atoms. The lowest BCUT2D eigenvalue weighted by atomic mass is 9.99. The molecule has 0 atom stereocenters. The Bertz CT molecular complexity index is 271. The van der Waals surface area contributed by atoms with Crippen LogP contribution >= 0.6 is 38.5 Å². The van der Waals surface area contributed by atoms with Crippen molar-refractivity contribution < 1.29 is 5.11 Å². The lowest BCUT2D eigenvalue weighted by molar-refractivity contribution is 0.0769. The molecule has 1 rings (SSSR count). The zero-order valence-corrected chi connectivity index (χ0v) is 10.7. The number of benzene rings is 1. The predicted octanol–water partition coefficient (Wildman–Crippen LogP) is 3.28. The Morgan fingerprint density at radius 3 is 2.33 bits per heavy atom. The molecule has 0 aliphatic carbocycles. The number of halogens is 2. The molecule has 0 unspecified atom stereocenters. The summed E-state index contributed by atoms with van der Waals surface area (Å²) in [7, 11) is 0. The van der Waals surface area contributed by atoms with E-state index in [4.69, 9.17) is 0 Å². The molecule has 1 aromatic rings. The molecule has 0 heterocycles. The van der Waals surface area contributed by atoms with Gasteiger partial charge in [0.1, 0.15) is 0 Å². The molecule has 0 fully saturated rings. The molecule has 0 aliphatic rings. The average molecular weight is 341 g/mol. The number of rotatable bonds is 1. The lowest BCUT2D eigenvalue weighted by Gasteiger charge is -2.20. The first kappa shape index (κ1) is 10.5. The van der Waals surface area contributed by atoms with Crippen LogP contribution in [-0.4, -0.2) is 5.11 Å². The number of hydrogen-bond donors (Lipinski definition) is 1. The van der Waals surface area contributed by atoms with Crippen LogP contribution in [0.1, 0.15) is 19.4 Å². The quantitative estimate of drug-likeness (QED) is 0.778. The number of hydrogen-bond acceptors (Lipinski definition) is 1. The largest absolute Gasteiger partial charge is 0.386 e. The van der Waals surface area contributed by atoms with Crippen molar-refractivity contribution in [3.05, 3.63) is 31.8 Å². The van der Waals surface area contributed by atoms with Gasteiger partial charge in [-0.05, 0) is 48.6 Å². The van der Waals surface area contributed by atoms with Crippen molar-refractivity contribution in [1.29, 1.82) is 0 Å². The molecule has 1 nitrogen and oxygen atoms in total. The Balaban J connectivity index is 3.31. The predicted molar refractivity (Wildman–Crippen MR) is 62.1 cm³/mol. The molecule has 0 saturated heterocycles. The summed E-state index contributed by atoms with van der Waals surface area (Å²) in [5.74, 6) is 0. The Morgan fingerprint density at radius 2 is 2.00 bits per heavy atom. The van der Waals surface area contributed by atoms with Gasteiger partial charge in [-0.2, -0.15) is 0 Å². The van der Waals surface area contributed by atoms with Crippen molar-refractivity contribution in [3.8, 4) is 0 Å². The third-order valence-electron chi connectivity index (χ3n) is 1.57. The second kappa shape index (κ2) is 3.64. The molecule has 3 heteroatoms. The van der Waals surface area contributed by atoms with Gasteiger partial charge < -0.3 is 5.11 Å². The first-order valence-corrected chi connectivity index (χ1v) is 5.47. The molecule has 0 radical (unpaired) electrons. The minimum atomic E-state index is -0.781. The summed E-state index contributed by atoms with van der Waals surface area (Å²) in [5, 5.41) is 9.82. The van der Waals surface area contributed by atoms with Crippen LogP contribution in [0.4, 0.5) is 0 Å². The Hall–Kier alpha value is 0.390. The average Bonchev–Trinajstić information content (AvgIpc) is 1.82. The summed E-state index contributed by atoms with van der Waals surface area (Å²) in [4.78, 5) is 0. The minimum absolute atomic E-state index is 0.781. The van der Waals surface area contributed by atoms with E-state index in [1.165, 1.54) is 0 Å². The zero-order valence-electron chi connectivity index (χ0n) is 6.94. The third-order valence-corrected chi connectivity index (χ3v) is 3.13. The van der Waals surface area contributed by atoms with Crippen LogP contribution in [-0.2, 0) is 5.60 Å². The topological polar surface area (TPSA) is 20.2 Å². The third kappa shape index (κ3) is 2.20. The summed E-state index contributed by atoms with van der Waals surface area (Å²) in [6, 6.07) is 5.88. The SMILES string of the molecule is CC(C)(O)c1c(Br)cccc1I. The normalized spacial score (nSPS) is 11.8. The fraction of sp³-hybridized carbons (Fsp3) is 0.333. The van der Waals surface area contributed by atoms with Crippen molar-refractivity contribution in [2.24, 2.45) is 0 Å². The Kier molecular flexibility index (Phi) is 3.17. The second-order valence-electron chi connectivity index (χ2n) is 3.16. The van der Waals surface area contributed by atoms with Crippen molar-refractivity contribution in [1.82, 2.24) is 0 Å².